The van der Waals surface area contributed by atoms with Gasteiger partial charge in [0.05, 0.1) is 13.2 Å². The van der Waals surface area contributed by atoms with Crippen molar-refractivity contribution in [3.8, 4) is 11.5 Å². The molecule has 2 aromatic carbocycles. The summed E-state index contributed by atoms with van der Waals surface area (Å²) in [6.45, 7) is 4.60. The summed E-state index contributed by atoms with van der Waals surface area (Å²) in [6.07, 6.45) is 1.03. The highest BCUT2D eigenvalue weighted by Gasteiger charge is 2.13. The molecular weight excluding hydrogens is 262 g/mol. The Morgan fingerprint density at radius 1 is 1.10 bits per heavy atom. The molecule has 0 aromatic heterocycles. The molecule has 112 valence electrons. The van der Waals surface area contributed by atoms with Gasteiger partial charge in [0.1, 0.15) is 18.1 Å². The molecule has 0 bridgehead atoms. The Morgan fingerprint density at radius 2 is 1.81 bits per heavy atom. The molecule has 21 heavy (non-hydrogen) atoms. The highest BCUT2D eigenvalue weighted by molar-refractivity contribution is 5.39. The third kappa shape index (κ3) is 3.99. The number of nitrogens with two attached hydrogens (primary N) is 1. The van der Waals surface area contributed by atoms with Crippen LogP contribution in [0.25, 0.3) is 0 Å². The van der Waals surface area contributed by atoms with Crippen LogP contribution >= 0.6 is 0 Å². The Bertz CT molecular complexity index is 578. The normalized spacial score (nSPS) is 12.0. The zero-order valence-electron chi connectivity index (χ0n) is 12.9. The van der Waals surface area contributed by atoms with Crippen molar-refractivity contribution in [1.82, 2.24) is 0 Å². The van der Waals surface area contributed by atoms with Gasteiger partial charge in [-0.3, -0.25) is 0 Å². The number of aryl methyl sites for hydroxylation is 2. The Labute approximate surface area is 126 Å². The predicted molar refractivity (Wildman–Crippen MR) is 86.0 cm³/mol. The molecule has 0 aliphatic carbocycles. The zero-order valence-corrected chi connectivity index (χ0v) is 12.9. The van der Waals surface area contributed by atoms with E-state index >= 15 is 0 Å². The first-order chi connectivity index (χ1) is 10.1. The molecule has 0 aliphatic rings. The van der Waals surface area contributed by atoms with Crippen LogP contribution in [0.5, 0.6) is 11.5 Å². The monoisotopic (exact) mass is 285 g/mol. The van der Waals surface area contributed by atoms with Gasteiger partial charge in [-0.25, -0.2) is 0 Å². The van der Waals surface area contributed by atoms with E-state index < -0.39 is 0 Å². The van der Waals surface area contributed by atoms with E-state index in [2.05, 4.69) is 19.1 Å². The number of ether oxygens (including phenoxy) is 2. The molecular formula is C18H23NO2. The van der Waals surface area contributed by atoms with E-state index in [0.717, 1.165) is 29.0 Å². The van der Waals surface area contributed by atoms with Crippen molar-refractivity contribution in [3.05, 3.63) is 59.2 Å². The first-order valence-corrected chi connectivity index (χ1v) is 7.26. The molecule has 0 spiro atoms. The Balaban J connectivity index is 2.03. The fraction of sp³-hybridized carbons (Fsp3) is 0.333. The quantitative estimate of drug-likeness (QED) is 0.881. The van der Waals surface area contributed by atoms with E-state index in [-0.39, 0.29) is 6.04 Å². The summed E-state index contributed by atoms with van der Waals surface area (Å²) in [5, 5.41) is 0. The van der Waals surface area contributed by atoms with Gasteiger partial charge in [0.15, 0.2) is 0 Å². The first-order valence-electron chi connectivity index (χ1n) is 7.26. The van der Waals surface area contributed by atoms with Crippen molar-refractivity contribution in [2.45, 2.75) is 26.3 Å². The molecule has 0 saturated heterocycles. The molecule has 0 saturated carbocycles. The number of methoxy groups -OCH3 is 1. The average Bonchev–Trinajstić information content (AvgIpc) is 2.53. The summed E-state index contributed by atoms with van der Waals surface area (Å²) >= 11 is 0. The first kappa shape index (κ1) is 15.4. The van der Waals surface area contributed by atoms with Crippen LogP contribution in [0.4, 0.5) is 0 Å². The lowest BCUT2D eigenvalue weighted by Crippen LogP contribution is -2.20. The van der Waals surface area contributed by atoms with Crippen molar-refractivity contribution in [1.29, 1.82) is 0 Å². The summed E-state index contributed by atoms with van der Waals surface area (Å²) in [6, 6.07) is 13.9. The third-order valence-electron chi connectivity index (χ3n) is 3.55. The zero-order chi connectivity index (χ0) is 15.2. The smallest absolute Gasteiger partial charge is 0.123 e. The number of hydrogen-bond acceptors (Lipinski definition) is 3. The lowest BCUT2D eigenvalue weighted by atomic mass is 10.0. The van der Waals surface area contributed by atoms with E-state index in [9.17, 15) is 0 Å². The van der Waals surface area contributed by atoms with Crippen molar-refractivity contribution in [3.63, 3.8) is 0 Å². The lowest BCUT2D eigenvalue weighted by molar-refractivity contribution is 0.286. The highest BCUT2D eigenvalue weighted by Crippen LogP contribution is 2.25. The van der Waals surface area contributed by atoms with Gasteiger partial charge in [0.25, 0.3) is 0 Å². The van der Waals surface area contributed by atoms with Crippen LogP contribution in [-0.2, 0) is 6.42 Å². The van der Waals surface area contributed by atoms with Gasteiger partial charge >= 0.3 is 0 Å². The highest BCUT2D eigenvalue weighted by atomic mass is 16.5. The van der Waals surface area contributed by atoms with Gasteiger partial charge in [-0.15, -0.1) is 0 Å². The minimum atomic E-state index is -0.217. The van der Waals surface area contributed by atoms with E-state index in [1.807, 2.05) is 37.3 Å². The standard InChI is InChI=1S/C18H23NO2/c1-4-14-6-8-15(9-7-14)21-12-17(19)16-11-13(2)5-10-18(16)20-3/h5-11,17H,4,12,19H2,1-3H3. The van der Waals surface area contributed by atoms with Crippen molar-refractivity contribution < 1.29 is 9.47 Å². The second-order valence-electron chi connectivity index (χ2n) is 5.16. The number of benzene rings is 2. The minimum Gasteiger partial charge on any atom is -0.496 e. The van der Waals surface area contributed by atoms with Crippen LogP contribution in [0.15, 0.2) is 42.5 Å². The molecule has 0 heterocycles. The summed E-state index contributed by atoms with van der Waals surface area (Å²) in [5.41, 5.74) is 9.67. The topological polar surface area (TPSA) is 44.5 Å². The number of rotatable bonds is 6. The maximum absolute atomic E-state index is 6.24. The van der Waals surface area contributed by atoms with Crippen LogP contribution in [0, 0.1) is 6.92 Å². The van der Waals surface area contributed by atoms with Crippen LogP contribution < -0.4 is 15.2 Å². The molecule has 2 aromatic rings. The SMILES string of the molecule is CCc1ccc(OCC(N)c2cc(C)ccc2OC)cc1. The van der Waals surface area contributed by atoms with Crippen LogP contribution in [0.3, 0.4) is 0 Å². The van der Waals surface area contributed by atoms with Crippen molar-refractivity contribution >= 4 is 0 Å². The maximum atomic E-state index is 6.24. The van der Waals surface area contributed by atoms with Gasteiger partial charge < -0.3 is 15.2 Å². The van der Waals surface area contributed by atoms with Crippen LogP contribution in [-0.4, -0.2) is 13.7 Å². The molecule has 3 heteroatoms. The predicted octanol–water partition coefficient (Wildman–Crippen LogP) is 3.64. The second kappa shape index (κ2) is 7.14. The lowest BCUT2D eigenvalue weighted by Gasteiger charge is -2.17. The summed E-state index contributed by atoms with van der Waals surface area (Å²) < 4.78 is 11.1. The molecule has 1 unspecified atom stereocenters. The Hall–Kier alpha value is -2.00. The van der Waals surface area contributed by atoms with Gasteiger partial charge in [0, 0.05) is 5.56 Å². The third-order valence-corrected chi connectivity index (χ3v) is 3.55. The summed E-state index contributed by atoms with van der Waals surface area (Å²) in [7, 11) is 1.66. The van der Waals surface area contributed by atoms with E-state index in [4.69, 9.17) is 15.2 Å². The Kier molecular flexibility index (Phi) is 5.23. The second-order valence-corrected chi connectivity index (χ2v) is 5.16. The fourth-order valence-electron chi connectivity index (χ4n) is 2.24. The molecule has 0 fully saturated rings. The van der Waals surface area contributed by atoms with Gasteiger partial charge in [-0.1, -0.05) is 36.8 Å². The number of hydrogen-bond donors (Lipinski definition) is 1. The summed E-state index contributed by atoms with van der Waals surface area (Å²) in [4.78, 5) is 0. The largest absolute Gasteiger partial charge is 0.496 e. The molecule has 0 amide bonds. The van der Waals surface area contributed by atoms with E-state index in [1.165, 1.54) is 5.56 Å². The molecule has 2 rings (SSSR count). The van der Waals surface area contributed by atoms with Gasteiger partial charge in [0.2, 0.25) is 0 Å². The molecule has 2 N–H and O–H groups in total. The molecule has 1 atom stereocenters. The maximum Gasteiger partial charge on any atom is 0.123 e. The molecule has 0 radical (unpaired) electrons. The van der Waals surface area contributed by atoms with E-state index in [1.54, 1.807) is 7.11 Å². The van der Waals surface area contributed by atoms with Crippen LogP contribution in [0.1, 0.15) is 29.7 Å². The van der Waals surface area contributed by atoms with Crippen LogP contribution in [0.2, 0.25) is 0 Å². The molecule has 3 nitrogen and oxygen atoms in total. The van der Waals surface area contributed by atoms with Crippen molar-refractivity contribution in [2.24, 2.45) is 5.73 Å². The van der Waals surface area contributed by atoms with Gasteiger partial charge in [-0.2, -0.15) is 0 Å². The fourth-order valence-corrected chi connectivity index (χ4v) is 2.24. The van der Waals surface area contributed by atoms with E-state index in [0.29, 0.717) is 6.61 Å². The minimum absolute atomic E-state index is 0.217. The average molecular weight is 285 g/mol. The molecule has 0 aliphatic heterocycles. The van der Waals surface area contributed by atoms with Crippen molar-refractivity contribution in [2.75, 3.05) is 13.7 Å². The summed E-state index contributed by atoms with van der Waals surface area (Å²) in [5.74, 6) is 1.65. The van der Waals surface area contributed by atoms with Gasteiger partial charge in [-0.05, 0) is 37.1 Å². The Morgan fingerprint density at radius 3 is 2.43 bits per heavy atom.